The summed E-state index contributed by atoms with van der Waals surface area (Å²) in [7, 11) is 0. The number of unbranched alkanes of at least 4 members (excludes halogenated alkanes) is 12. The van der Waals surface area contributed by atoms with E-state index in [2.05, 4.69) is 65.0 Å². The van der Waals surface area contributed by atoms with Crippen molar-refractivity contribution in [1.29, 1.82) is 0 Å². The molecule has 0 nitrogen and oxygen atoms in total. The summed E-state index contributed by atoms with van der Waals surface area (Å²) < 4.78 is 0. The van der Waals surface area contributed by atoms with E-state index in [1.165, 1.54) is 132 Å². The molecule has 0 aromatic heterocycles. The van der Waals surface area contributed by atoms with Crippen LogP contribution in [-0.4, -0.2) is 0 Å². The van der Waals surface area contributed by atoms with Crippen LogP contribution in [0.2, 0.25) is 0 Å². The van der Waals surface area contributed by atoms with Crippen molar-refractivity contribution in [3.8, 4) is 0 Å². The molecule has 204 valence electrons. The Bertz CT molecular complexity index is 1090. The Kier molecular flexibility index (Phi) is 13.0. The van der Waals surface area contributed by atoms with Gasteiger partial charge in [-0.05, 0) is 90.6 Å². The second kappa shape index (κ2) is 16.2. The Morgan fingerprint density at radius 2 is 0.919 bits per heavy atom. The molecule has 3 aromatic rings. The van der Waals surface area contributed by atoms with Crippen molar-refractivity contribution in [1.82, 2.24) is 0 Å². The van der Waals surface area contributed by atoms with E-state index in [1.807, 2.05) is 0 Å². The molecule has 0 N–H and O–H groups in total. The van der Waals surface area contributed by atoms with E-state index < -0.39 is 0 Å². The highest BCUT2D eigenvalue weighted by molar-refractivity contribution is 6.12. The predicted octanol–water partition coefficient (Wildman–Crippen LogP) is 12.1. The number of hydrogen-bond acceptors (Lipinski definition) is 0. The highest BCUT2D eigenvalue weighted by Gasteiger charge is 2.17. The zero-order valence-electron chi connectivity index (χ0n) is 25.1. The van der Waals surface area contributed by atoms with Crippen molar-refractivity contribution >= 4 is 21.5 Å². The van der Waals surface area contributed by atoms with E-state index >= 15 is 0 Å². The Balaban J connectivity index is 2.05. The van der Waals surface area contributed by atoms with Gasteiger partial charge < -0.3 is 0 Å². The van der Waals surface area contributed by atoms with E-state index in [4.69, 9.17) is 0 Å². The van der Waals surface area contributed by atoms with Crippen LogP contribution in [0.15, 0.2) is 30.3 Å². The summed E-state index contributed by atoms with van der Waals surface area (Å²) in [4.78, 5) is 0. The fourth-order valence-electron chi connectivity index (χ4n) is 6.37. The van der Waals surface area contributed by atoms with Gasteiger partial charge >= 0.3 is 0 Å². The molecular weight excluding hydrogens is 444 g/mol. The molecule has 0 saturated carbocycles. The summed E-state index contributed by atoms with van der Waals surface area (Å²) in [6.07, 6.45) is 24.1. The summed E-state index contributed by atoms with van der Waals surface area (Å²) in [6, 6.07) is 12.3. The maximum atomic E-state index is 2.54. The van der Waals surface area contributed by atoms with Gasteiger partial charge in [-0.25, -0.2) is 0 Å². The van der Waals surface area contributed by atoms with Crippen LogP contribution in [0.4, 0.5) is 0 Å². The quantitative estimate of drug-likeness (QED) is 0.120. The first-order valence-electron chi connectivity index (χ1n) is 16.1. The van der Waals surface area contributed by atoms with Crippen molar-refractivity contribution in [3.63, 3.8) is 0 Å². The predicted molar refractivity (Wildman–Crippen MR) is 168 cm³/mol. The van der Waals surface area contributed by atoms with Gasteiger partial charge in [0.1, 0.15) is 0 Å². The Morgan fingerprint density at radius 3 is 1.54 bits per heavy atom. The lowest BCUT2D eigenvalue weighted by Crippen LogP contribution is -2.02. The van der Waals surface area contributed by atoms with Crippen molar-refractivity contribution in [2.24, 2.45) is 0 Å². The second-order valence-electron chi connectivity index (χ2n) is 11.8. The van der Waals surface area contributed by atoms with Crippen LogP contribution in [0.5, 0.6) is 0 Å². The number of rotatable bonds is 18. The van der Waals surface area contributed by atoms with Crippen LogP contribution in [-0.2, 0) is 19.3 Å². The molecule has 0 radical (unpaired) electrons. The SMILES string of the molecule is CCCCCCCCc1c(CCCCCCCC)c2cc(C)cc(CCCCC)c2c2ccc(C)cc12. The van der Waals surface area contributed by atoms with E-state index in [9.17, 15) is 0 Å². The largest absolute Gasteiger partial charge is 0.0654 e. The molecule has 0 heterocycles. The Morgan fingerprint density at radius 1 is 0.432 bits per heavy atom. The fourth-order valence-corrected chi connectivity index (χ4v) is 6.37. The summed E-state index contributed by atoms with van der Waals surface area (Å²) in [5, 5.41) is 6.23. The van der Waals surface area contributed by atoms with Gasteiger partial charge in [0, 0.05) is 0 Å². The lowest BCUT2D eigenvalue weighted by Gasteiger charge is -2.21. The van der Waals surface area contributed by atoms with Gasteiger partial charge in [0.05, 0.1) is 0 Å². The highest BCUT2D eigenvalue weighted by atomic mass is 14.2. The molecule has 0 amide bonds. The fraction of sp³-hybridized carbons (Fsp3) is 0.622. The minimum Gasteiger partial charge on any atom is -0.0654 e. The molecule has 0 aliphatic carbocycles. The topological polar surface area (TPSA) is 0 Å². The van der Waals surface area contributed by atoms with Crippen molar-refractivity contribution < 1.29 is 0 Å². The van der Waals surface area contributed by atoms with Crippen LogP contribution in [0.3, 0.4) is 0 Å². The minimum atomic E-state index is 1.21. The monoisotopic (exact) mass is 500 g/mol. The third-order valence-corrected chi connectivity index (χ3v) is 8.43. The number of benzene rings is 3. The van der Waals surface area contributed by atoms with Gasteiger partial charge in [-0.15, -0.1) is 0 Å². The van der Waals surface area contributed by atoms with Gasteiger partial charge in [0.2, 0.25) is 0 Å². The molecule has 37 heavy (non-hydrogen) atoms. The van der Waals surface area contributed by atoms with Crippen molar-refractivity contribution in [2.75, 3.05) is 0 Å². The second-order valence-corrected chi connectivity index (χ2v) is 11.8. The third-order valence-electron chi connectivity index (χ3n) is 8.43. The molecule has 3 aromatic carbocycles. The van der Waals surface area contributed by atoms with Gasteiger partial charge in [-0.3, -0.25) is 0 Å². The molecular formula is C37H56. The molecule has 0 bridgehead atoms. The van der Waals surface area contributed by atoms with E-state index in [0.717, 1.165) is 0 Å². The summed E-state index contributed by atoms with van der Waals surface area (Å²) in [5.74, 6) is 0. The van der Waals surface area contributed by atoms with Gasteiger partial charge in [-0.2, -0.15) is 0 Å². The maximum absolute atomic E-state index is 2.54. The summed E-state index contributed by atoms with van der Waals surface area (Å²) in [5.41, 5.74) is 7.81. The van der Waals surface area contributed by atoms with Crippen molar-refractivity contribution in [3.05, 3.63) is 58.1 Å². The smallest absolute Gasteiger partial charge is 0.00701 e. The molecule has 0 aliphatic rings. The molecule has 0 atom stereocenters. The van der Waals surface area contributed by atoms with Crippen LogP contribution >= 0.6 is 0 Å². The lowest BCUT2D eigenvalue weighted by molar-refractivity contribution is 0.600. The Hall–Kier alpha value is -1.82. The molecule has 0 aliphatic heterocycles. The molecule has 0 fully saturated rings. The van der Waals surface area contributed by atoms with Crippen LogP contribution < -0.4 is 0 Å². The number of hydrogen-bond donors (Lipinski definition) is 0. The third kappa shape index (κ3) is 8.59. The van der Waals surface area contributed by atoms with Crippen LogP contribution in [0, 0.1) is 13.8 Å². The molecule has 0 heteroatoms. The molecule has 0 saturated heterocycles. The first kappa shape index (κ1) is 29.7. The van der Waals surface area contributed by atoms with E-state index in [0.29, 0.717) is 0 Å². The van der Waals surface area contributed by atoms with Gasteiger partial charge in [0.15, 0.2) is 0 Å². The molecule has 0 spiro atoms. The normalized spacial score (nSPS) is 11.7. The van der Waals surface area contributed by atoms with Crippen LogP contribution in [0.25, 0.3) is 21.5 Å². The van der Waals surface area contributed by atoms with Crippen molar-refractivity contribution in [2.45, 2.75) is 150 Å². The lowest BCUT2D eigenvalue weighted by atomic mass is 9.83. The minimum absolute atomic E-state index is 1.21. The van der Waals surface area contributed by atoms with Gasteiger partial charge in [-0.1, -0.05) is 139 Å². The average molecular weight is 501 g/mol. The summed E-state index contributed by atoms with van der Waals surface area (Å²) >= 11 is 0. The van der Waals surface area contributed by atoms with Crippen LogP contribution in [0.1, 0.15) is 145 Å². The van der Waals surface area contributed by atoms with E-state index in [-0.39, 0.29) is 0 Å². The Labute approximate surface area is 229 Å². The zero-order chi connectivity index (χ0) is 26.5. The first-order valence-corrected chi connectivity index (χ1v) is 16.1. The number of fused-ring (bicyclic) bond motifs is 3. The summed E-state index contributed by atoms with van der Waals surface area (Å²) in [6.45, 7) is 11.6. The standard InChI is InChI=1S/C37H56/c1-6-9-12-14-16-19-22-32-33(23-20-17-15-13-10-7-2)36-28-30(5)26-31(21-18-11-8-3)37(36)34-25-24-29(4)27-35(32)34/h24-28H,6-23H2,1-5H3. The number of aryl methyl sites for hydroxylation is 5. The highest BCUT2D eigenvalue weighted by Crippen LogP contribution is 2.38. The average Bonchev–Trinajstić information content (AvgIpc) is 2.88. The molecule has 0 unspecified atom stereocenters. The molecule has 3 rings (SSSR count). The van der Waals surface area contributed by atoms with Gasteiger partial charge in [0.25, 0.3) is 0 Å². The zero-order valence-corrected chi connectivity index (χ0v) is 25.1. The van der Waals surface area contributed by atoms with E-state index in [1.54, 1.807) is 32.8 Å². The first-order chi connectivity index (χ1) is 18.1. The maximum Gasteiger partial charge on any atom is -0.00701 e.